The summed E-state index contributed by atoms with van der Waals surface area (Å²) in [6, 6.07) is 6.33. The lowest BCUT2D eigenvalue weighted by Gasteiger charge is -2.33. The Hall–Kier alpha value is -2.42. The fourth-order valence-corrected chi connectivity index (χ4v) is 2.53. The van der Waals surface area contributed by atoms with Gasteiger partial charge in [0.15, 0.2) is 0 Å². The molecular weight excluding hydrogens is 258 g/mol. The topological polar surface area (TPSA) is 87.2 Å². The third kappa shape index (κ3) is 2.77. The zero-order valence-electron chi connectivity index (χ0n) is 11.2. The van der Waals surface area contributed by atoms with Gasteiger partial charge in [0.25, 0.3) is 5.69 Å². The molecule has 0 N–H and O–H groups in total. The maximum Gasteiger partial charge on any atom is 0.270 e. The average molecular weight is 273 g/mol. The van der Waals surface area contributed by atoms with E-state index >= 15 is 0 Å². The number of nitrogens with zero attached hydrogens (tertiary/aromatic N) is 3. The number of benzene rings is 1. The summed E-state index contributed by atoms with van der Waals surface area (Å²) in [7, 11) is 0. The molecule has 0 saturated carbocycles. The number of Topliss-reactive ketones (excluding diaryl/α,β-unsaturated/α-hetero) is 1. The molecule has 6 nitrogen and oxygen atoms in total. The van der Waals surface area contributed by atoms with Crippen LogP contribution in [-0.2, 0) is 4.79 Å². The van der Waals surface area contributed by atoms with Gasteiger partial charge < -0.3 is 4.90 Å². The highest BCUT2D eigenvalue weighted by molar-refractivity contribution is 5.78. The van der Waals surface area contributed by atoms with Gasteiger partial charge in [-0.05, 0) is 25.8 Å². The summed E-state index contributed by atoms with van der Waals surface area (Å²) in [4.78, 5) is 23.6. The summed E-state index contributed by atoms with van der Waals surface area (Å²) in [6.45, 7) is 2.99. The van der Waals surface area contributed by atoms with Crippen LogP contribution in [0.3, 0.4) is 0 Å². The first-order valence-electron chi connectivity index (χ1n) is 6.47. The molecule has 1 fully saturated rings. The van der Waals surface area contributed by atoms with E-state index < -0.39 is 4.92 Å². The van der Waals surface area contributed by atoms with Crippen LogP contribution in [0, 0.1) is 27.4 Å². The molecule has 1 aromatic rings. The first kappa shape index (κ1) is 14.0. The lowest BCUT2D eigenvalue weighted by Crippen LogP contribution is -2.36. The van der Waals surface area contributed by atoms with Crippen LogP contribution in [-0.4, -0.2) is 23.8 Å². The molecule has 104 valence electrons. The van der Waals surface area contributed by atoms with E-state index in [-0.39, 0.29) is 17.4 Å². The third-order valence-electron chi connectivity index (χ3n) is 3.72. The first-order chi connectivity index (χ1) is 9.52. The molecule has 0 atom stereocenters. The Morgan fingerprint density at radius 1 is 1.45 bits per heavy atom. The van der Waals surface area contributed by atoms with Gasteiger partial charge in [-0.25, -0.2) is 0 Å². The number of hydrogen-bond donors (Lipinski definition) is 0. The Morgan fingerprint density at radius 3 is 2.60 bits per heavy atom. The number of piperidine rings is 1. The molecule has 0 bridgehead atoms. The summed E-state index contributed by atoms with van der Waals surface area (Å²) in [5, 5.41) is 19.9. The van der Waals surface area contributed by atoms with Crippen molar-refractivity contribution in [3.05, 3.63) is 33.9 Å². The molecule has 1 aliphatic rings. The number of rotatable bonds is 3. The van der Waals surface area contributed by atoms with Gasteiger partial charge >= 0.3 is 0 Å². The Morgan fingerprint density at radius 2 is 2.10 bits per heavy atom. The predicted molar refractivity (Wildman–Crippen MR) is 73.4 cm³/mol. The van der Waals surface area contributed by atoms with E-state index in [0.717, 1.165) is 12.8 Å². The van der Waals surface area contributed by atoms with Gasteiger partial charge in [0.2, 0.25) is 0 Å². The van der Waals surface area contributed by atoms with Crippen molar-refractivity contribution < 1.29 is 9.72 Å². The van der Waals surface area contributed by atoms with Crippen molar-refractivity contribution in [3.63, 3.8) is 0 Å². The summed E-state index contributed by atoms with van der Waals surface area (Å²) in [5.41, 5.74) is 0.935. The fourth-order valence-electron chi connectivity index (χ4n) is 2.53. The lowest BCUT2D eigenvalue weighted by molar-refractivity contribution is -0.384. The number of hydrogen-bond acceptors (Lipinski definition) is 5. The molecule has 0 aliphatic carbocycles. The van der Waals surface area contributed by atoms with Crippen molar-refractivity contribution >= 4 is 17.2 Å². The van der Waals surface area contributed by atoms with E-state index in [2.05, 4.69) is 0 Å². The number of anilines is 1. The molecule has 20 heavy (non-hydrogen) atoms. The van der Waals surface area contributed by atoms with E-state index in [9.17, 15) is 14.9 Å². The van der Waals surface area contributed by atoms with Crippen LogP contribution in [0.4, 0.5) is 11.4 Å². The zero-order chi connectivity index (χ0) is 14.7. The van der Waals surface area contributed by atoms with Crippen molar-refractivity contribution in [1.82, 2.24) is 0 Å². The second-order valence-electron chi connectivity index (χ2n) is 4.94. The molecule has 6 heteroatoms. The van der Waals surface area contributed by atoms with E-state index in [1.165, 1.54) is 12.1 Å². The lowest BCUT2D eigenvalue weighted by atomic mass is 9.93. The van der Waals surface area contributed by atoms with Gasteiger partial charge in [-0.2, -0.15) is 5.26 Å². The van der Waals surface area contributed by atoms with Gasteiger partial charge in [-0.1, -0.05) is 0 Å². The van der Waals surface area contributed by atoms with E-state index in [1.54, 1.807) is 13.0 Å². The number of carbonyl (C=O) groups excluding carboxylic acids is 1. The smallest absolute Gasteiger partial charge is 0.270 e. The van der Waals surface area contributed by atoms with Crippen LogP contribution in [0.2, 0.25) is 0 Å². The first-order valence-corrected chi connectivity index (χ1v) is 6.47. The Kier molecular flexibility index (Phi) is 3.99. The van der Waals surface area contributed by atoms with Crippen LogP contribution in [0.25, 0.3) is 0 Å². The molecule has 1 aromatic carbocycles. The summed E-state index contributed by atoms with van der Waals surface area (Å²) < 4.78 is 0. The second kappa shape index (κ2) is 5.70. The average Bonchev–Trinajstić information content (AvgIpc) is 2.46. The number of nitro groups is 1. The maximum absolute atomic E-state index is 11.3. The molecule has 1 heterocycles. The van der Waals surface area contributed by atoms with Crippen molar-refractivity contribution in [2.45, 2.75) is 19.8 Å². The van der Waals surface area contributed by atoms with Crippen molar-refractivity contribution in [2.24, 2.45) is 5.92 Å². The number of non-ortho nitro benzene ring substituents is 1. The molecule has 1 aliphatic heterocycles. The SMILES string of the molecule is CC(=O)C1CCN(c2ccc([N+](=O)[O-])cc2C#N)CC1. The molecule has 0 spiro atoms. The number of nitro benzene ring substituents is 1. The molecule has 1 saturated heterocycles. The fraction of sp³-hybridized carbons (Fsp3) is 0.429. The summed E-state index contributed by atoms with van der Waals surface area (Å²) in [6.07, 6.45) is 1.52. The van der Waals surface area contributed by atoms with E-state index in [0.29, 0.717) is 24.3 Å². The van der Waals surface area contributed by atoms with Crippen LogP contribution in [0.1, 0.15) is 25.3 Å². The van der Waals surface area contributed by atoms with Gasteiger partial charge in [0.05, 0.1) is 16.2 Å². The normalized spacial score (nSPS) is 15.7. The number of carbonyl (C=O) groups is 1. The monoisotopic (exact) mass is 273 g/mol. The van der Waals surface area contributed by atoms with Gasteiger partial charge in [0, 0.05) is 31.1 Å². The van der Waals surface area contributed by atoms with Crippen LogP contribution in [0.15, 0.2) is 18.2 Å². The van der Waals surface area contributed by atoms with Crippen molar-refractivity contribution in [2.75, 3.05) is 18.0 Å². The predicted octanol–water partition coefficient (Wildman–Crippen LogP) is 2.27. The number of nitriles is 1. The van der Waals surface area contributed by atoms with Crippen LogP contribution < -0.4 is 4.90 Å². The highest BCUT2D eigenvalue weighted by Crippen LogP contribution is 2.29. The number of ketones is 1. The van der Waals surface area contributed by atoms with E-state index in [4.69, 9.17) is 5.26 Å². The molecule has 0 radical (unpaired) electrons. The maximum atomic E-state index is 11.3. The van der Waals surface area contributed by atoms with Gasteiger partial charge in [-0.3, -0.25) is 14.9 Å². The van der Waals surface area contributed by atoms with E-state index in [1.807, 2.05) is 11.0 Å². The summed E-state index contributed by atoms with van der Waals surface area (Å²) in [5.74, 6) is 0.295. The molecule has 0 aromatic heterocycles. The van der Waals surface area contributed by atoms with Gasteiger partial charge in [-0.15, -0.1) is 0 Å². The second-order valence-corrected chi connectivity index (χ2v) is 4.94. The van der Waals surface area contributed by atoms with Gasteiger partial charge in [0.1, 0.15) is 11.9 Å². The highest BCUT2D eigenvalue weighted by Gasteiger charge is 2.24. The minimum atomic E-state index is -0.507. The quantitative estimate of drug-likeness (QED) is 0.622. The molecule has 0 amide bonds. The minimum absolute atomic E-state index is 0.0797. The van der Waals surface area contributed by atoms with Crippen LogP contribution in [0.5, 0.6) is 0 Å². The van der Waals surface area contributed by atoms with Crippen molar-refractivity contribution in [1.29, 1.82) is 5.26 Å². The standard InChI is InChI=1S/C14H15N3O3/c1-10(18)11-4-6-16(7-5-11)14-3-2-13(17(19)20)8-12(14)9-15/h2-3,8,11H,4-7H2,1H3. The molecular formula is C14H15N3O3. The van der Waals surface area contributed by atoms with Crippen LogP contribution >= 0.6 is 0 Å². The summed E-state index contributed by atoms with van der Waals surface area (Å²) >= 11 is 0. The highest BCUT2D eigenvalue weighted by atomic mass is 16.6. The third-order valence-corrected chi connectivity index (χ3v) is 3.72. The Balaban J connectivity index is 2.20. The molecule has 2 rings (SSSR count). The Labute approximate surface area is 116 Å². The Bertz CT molecular complexity index is 584. The molecule has 0 unspecified atom stereocenters. The largest absolute Gasteiger partial charge is 0.370 e. The zero-order valence-corrected chi connectivity index (χ0v) is 11.2. The van der Waals surface area contributed by atoms with Crippen molar-refractivity contribution in [3.8, 4) is 6.07 Å². The minimum Gasteiger partial charge on any atom is -0.370 e.